The van der Waals surface area contributed by atoms with E-state index < -0.39 is 0 Å². The molecule has 1 atom stereocenters. The molecule has 18 heavy (non-hydrogen) atoms. The van der Waals surface area contributed by atoms with Crippen LogP contribution in [0.4, 0.5) is 11.4 Å². The van der Waals surface area contributed by atoms with Crippen LogP contribution in [-0.2, 0) is 0 Å². The van der Waals surface area contributed by atoms with Crippen LogP contribution in [-0.4, -0.2) is 29.9 Å². The third-order valence-corrected chi connectivity index (χ3v) is 3.72. The Kier molecular flexibility index (Phi) is 2.86. The average molecular weight is 245 g/mol. The highest BCUT2D eigenvalue weighted by atomic mass is 16.5. The minimum Gasteiger partial charge on any atom is -0.483 e. The van der Waals surface area contributed by atoms with E-state index in [0.29, 0.717) is 12.6 Å². The first-order valence-corrected chi connectivity index (χ1v) is 6.60. The van der Waals surface area contributed by atoms with Gasteiger partial charge in [0.25, 0.3) is 0 Å². The molecule has 1 saturated heterocycles. The predicted octanol–water partition coefficient (Wildman–Crippen LogP) is 2.57. The van der Waals surface area contributed by atoms with Gasteiger partial charge in [0.2, 0.25) is 0 Å². The Morgan fingerprint density at radius 2 is 2.28 bits per heavy atom. The number of hydrogen-bond donors (Lipinski definition) is 1. The molecule has 1 aromatic carbocycles. The molecule has 0 radical (unpaired) electrons. The molecule has 2 N–H and O–H groups in total. The van der Waals surface area contributed by atoms with Crippen LogP contribution in [0.1, 0.15) is 26.2 Å². The number of ether oxygens (including phenoxy) is 1. The van der Waals surface area contributed by atoms with E-state index in [4.69, 9.17) is 15.5 Å². The van der Waals surface area contributed by atoms with Crippen molar-refractivity contribution in [3.8, 4) is 5.75 Å². The number of amidine groups is 1. The Morgan fingerprint density at radius 3 is 3.11 bits per heavy atom. The third kappa shape index (κ3) is 2.03. The summed E-state index contributed by atoms with van der Waals surface area (Å²) in [5.74, 6) is 1.87. The largest absolute Gasteiger partial charge is 0.483 e. The maximum absolute atomic E-state index is 5.79. The van der Waals surface area contributed by atoms with Crippen LogP contribution in [0.3, 0.4) is 0 Å². The fourth-order valence-corrected chi connectivity index (χ4v) is 2.69. The molecule has 0 bridgehead atoms. The van der Waals surface area contributed by atoms with Crippen molar-refractivity contribution in [2.75, 3.05) is 18.9 Å². The van der Waals surface area contributed by atoms with Gasteiger partial charge in [0.1, 0.15) is 23.9 Å². The Labute approximate surface area is 107 Å². The molecule has 0 saturated carbocycles. The van der Waals surface area contributed by atoms with Crippen molar-refractivity contribution in [1.29, 1.82) is 0 Å². The van der Waals surface area contributed by atoms with Crippen molar-refractivity contribution in [3.63, 3.8) is 0 Å². The van der Waals surface area contributed by atoms with Gasteiger partial charge in [-0.2, -0.15) is 0 Å². The number of fused-ring (bicyclic) bond motifs is 1. The number of nitrogens with zero attached hydrogens (tertiary/aromatic N) is 2. The number of anilines is 1. The van der Waals surface area contributed by atoms with Gasteiger partial charge in [0, 0.05) is 18.3 Å². The average Bonchev–Trinajstić information content (AvgIpc) is 2.38. The quantitative estimate of drug-likeness (QED) is 0.715. The minimum atomic E-state index is 0.559. The molecule has 4 nitrogen and oxygen atoms in total. The molecule has 0 aromatic heterocycles. The summed E-state index contributed by atoms with van der Waals surface area (Å²) in [6.07, 6.45) is 3.80. The second kappa shape index (κ2) is 4.52. The van der Waals surface area contributed by atoms with Gasteiger partial charge in [0.15, 0.2) is 0 Å². The third-order valence-electron chi connectivity index (χ3n) is 3.72. The summed E-state index contributed by atoms with van der Waals surface area (Å²) in [7, 11) is 0. The number of likely N-dealkylation sites (tertiary alicyclic amines) is 1. The molecule has 1 unspecified atom stereocenters. The molecule has 0 amide bonds. The summed E-state index contributed by atoms with van der Waals surface area (Å²) < 4.78 is 5.76. The molecule has 3 rings (SSSR count). The van der Waals surface area contributed by atoms with Gasteiger partial charge in [-0.3, -0.25) is 0 Å². The maximum atomic E-state index is 5.79. The summed E-state index contributed by atoms with van der Waals surface area (Å²) in [6, 6.07) is 6.18. The van der Waals surface area contributed by atoms with E-state index in [9.17, 15) is 0 Å². The number of rotatable bonds is 0. The van der Waals surface area contributed by atoms with E-state index in [1.807, 2.05) is 18.2 Å². The predicted molar refractivity (Wildman–Crippen MR) is 73.5 cm³/mol. The summed E-state index contributed by atoms with van der Waals surface area (Å²) in [4.78, 5) is 7.09. The van der Waals surface area contributed by atoms with Gasteiger partial charge < -0.3 is 15.4 Å². The molecule has 2 heterocycles. The molecular weight excluding hydrogens is 226 g/mol. The van der Waals surface area contributed by atoms with Gasteiger partial charge in [0.05, 0.1) is 0 Å². The second-order valence-corrected chi connectivity index (χ2v) is 5.08. The van der Waals surface area contributed by atoms with Gasteiger partial charge in [-0.25, -0.2) is 4.99 Å². The van der Waals surface area contributed by atoms with Gasteiger partial charge in [-0.05, 0) is 44.4 Å². The van der Waals surface area contributed by atoms with Crippen LogP contribution in [0.5, 0.6) is 5.75 Å². The monoisotopic (exact) mass is 245 g/mol. The number of nitrogens with two attached hydrogens (primary N) is 1. The zero-order chi connectivity index (χ0) is 12.5. The highest BCUT2D eigenvalue weighted by Crippen LogP contribution is 2.33. The van der Waals surface area contributed by atoms with Crippen molar-refractivity contribution in [2.45, 2.75) is 32.2 Å². The Morgan fingerprint density at radius 1 is 1.39 bits per heavy atom. The summed E-state index contributed by atoms with van der Waals surface area (Å²) in [6.45, 7) is 3.92. The molecule has 1 aromatic rings. The van der Waals surface area contributed by atoms with E-state index in [1.165, 1.54) is 19.3 Å². The zero-order valence-corrected chi connectivity index (χ0v) is 10.7. The fourth-order valence-electron chi connectivity index (χ4n) is 2.69. The highest BCUT2D eigenvalue weighted by molar-refractivity contribution is 5.89. The highest BCUT2D eigenvalue weighted by Gasteiger charge is 2.24. The SMILES string of the molecule is CC1CCCCN1C1=Nc2cc(N)ccc2OC1. The lowest BCUT2D eigenvalue weighted by Gasteiger charge is -2.37. The normalized spacial score (nSPS) is 23.1. The fraction of sp³-hybridized carbons (Fsp3) is 0.500. The molecule has 0 spiro atoms. The molecule has 96 valence electrons. The van der Waals surface area contributed by atoms with E-state index in [0.717, 1.165) is 29.5 Å². The summed E-state index contributed by atoms with van der Waals surface area (Å²) in [5, 5.41) is 0. The first-order valence-electron chi connectivity index (χ1n) is 6.60. The van der Waals surface area contributed by atoms with Gasteiger partial charge in [-0.15, -0.1) is 0 Å². The number of aliphatic imine (C=N–C) groups is 1. The first kappa shape index (κ1) is 11.4. The Balaban J connectivity index is 1.90. The zero-order valence-electron chi connectivity index (χ0n) is 10.7. The van der Waals surface area contributed by atoms with Crippen molar-refractivity contribution in [1.82, 2.24) is 4.90 Å². The number of benzene rings is 1. The summed E-state index contributed by atoms with van der Waals surface area (Å²) in [5.41, 5.74) is 7.38. The van der Waals surface area contributed by atoms with Crippen LogP contribution < -0.4 is 10.5 Å². The van der Waals surface area contributed by atoms with Crippen molar-refractivity contribution >= 4 is 17.2 Å². The van der Waals surface area contributed by atoms with Crippen molar-refractivity contribution in [2.24, 2.45) is 4.99 Å². The van der Waals surface area contributed by atoms with Gasteiger partial charge in [-0.1, -0.05) is 0 Å². The van der Waals surface area contributed by atoms with Crippen LogP contribution in [0, 0.1) is 0 Å². The van der Waals surface area contributed by atoms with E-state index in [1.54, 1.807) is 0 Å². The van der Waals surface area contributed by atoms with Crippen molar-refractivity contribution < 1.29 is 4.74 Å². The lowest BCUT2D eigenvalue weighted by atomic mass is 10.0. The molecule has 2 aliphatic heterocycles. The maximum Gasteiger partial charge on any atom is 0.146 e. The standard InChI is InChI=1S/C14H19N3O/c1-10-4-2-3-7-17(10)14-9-18-13-6-5-11(15)8-12(13)16-14/h5-6,8,10H,2-4,7,9,15H2,1H3. The smallest absolute Gasteiger partial charge is 0.146 e. The molecule has 2 aliphatic rings. The van der Waals surface area contributed by atoms with E-state index in [-0.39, 0.29) is 0 Å². The van der Waals surface area contributed by atoms with Crippen LogP contribution in [0.25, 0.3) is 0 Å². The van der Waals surface area contributed by atoms with Gasteiger partial charge >= 0.3 is 0 Å². The van der Waals surface area contributed by atoms with Crippen LogP contribution in [0.15, 0.2) is 23.2 Å². The second-order valence-electron chi connectivity index (χ2n) is 5.08. The lowest BCUT2D eigenvalue weighted by molar-refractivity contribution is 0.237. The summed E-state index contributed by atoms with van der Waals surface area (Å²) >= 11 is 0. The number of nitrogen functional groups attached to an aromatic ring is 1. The lowest BCUT2D eigenvalue weighted by Crippen LogP contribution is -2.45. The van der Waals surface area contributed by atoms with E-state index >= 15 is 0 Å². The number of hydrogen-bond acceptors (Lipinski definition) is 4. The number of piperidine rings is 1. The molecule has 4 heteroatoms. The Hall–Kier alpha value is -1.71. The minimum absolute atomic E-state index is 0.559. The van der Waals surface area contributed by atoms with Crippen molar-refractivity contribution in [3.05, 3.63) is 18.2 Å². The molecule has 1 fully saturated rings. The molecular formula is C14H19N3O. The topological polar surface area (TPSA) is 50.8 Å². The Bertz CT molecular complexity index is 484. The molecule has 0 aliphatic carbocycles. The first-order chi connectivity index (χ1) is 8.74. The van der Waals surface area contributed by atoms with Crippen LogP contribution in [0.2, 0.25) is 0 Å². The van der Waals surface area contributed by atoms with Crippen LogP contribution >= 0.6 is 0 Å². The van der Waals surface area contributed by atoms with E-state index in [2.05, 4.69) is 11.8 Å².